The number of halogens is 2. The summed E-state index contributed by atoms with van der Waals surface area (Å²) in [7, 11) is 0. The van der Waals surface area contributed by atoms with Gasteiger partial charge >= 0.3 is 6.03 Å². The Bertz CT molecular complexity index is 1000. The molecule has 1 atom stereocenters. The van der Waals surface area contributed by atoms with Gasteiger partial charge in [-0.25, -0.2) is 23.5 Å². The van der Waals surface area contributed by atoms with Gasteiger partial charge in [0.05, 0.1) is 29.5 Å². The minimum absolute atomic E-state index is 0.0218. The zero-order chi connectivity index (χ0) is 20.4. The topological polar surface area (TPSA) is 111 Å². The summed E-state index contributed by atoms with van der Waals surface area (Å²) in [5.41, 5.74) is 0.972. The van der Waals surface area contributed by atoms with Gasteiger partial charge in [0.2, 0.25) is 5.91 Å². The average molecular weight is 386 g/mol. The van der Waals surface area contributed by atoms with E-state index < -0.39 is 29.6 Å². The number of benzene rings is 1. The van der Waals surface area contributed by atoms with Gasteiger partial charge in [-0.2, -0.15) is 5.26 Å². The number of fused-ring (bicyclic) bond motifs is 1. The highest BCUT2D eigenvalue weighted by Crippen LogP contribution is 2.27. The number of carbonyl (C=O) groups excluding carboxylic acids is 2. The van der Waals surface area contributed by atoms with E-state index in [9.17, 15) is 18.4 Å². The molecule has 0 radical (unpaired) electrons. The van der Waals surface area contributed by atoms with Gasteiger partial charge in [0, 0.05) is 11.8 Å². The minimum atomic E-state index is -1.06. The molecule has 3 rings (SSSR count). The smallest absolute Gasteiger partial charge is 0.322 e. The molecule has 144 valence electrons. The molecular formula is C18H16F2N6O2. The molecule has 0 saturated carbocycles. The van der Waals surface area contributed by atoms with Crippen LogP contribution < -0.4 is 10.6 Å². The lowest BCUT2D eigenvalue weighted by molar-refractivity contribution is -0.122. The molecule has 0 fully saturated rings. The zero-order valence-corrected chi connectivity index (χ0v) is 15.1. The molecule has 8 nitrogen and oxygen atoms in total. The van der Waals surface area contributed by atoms with Crippen molar-refractivity contribution in [1.29, 1.82) is 5.26 Å². The molecule has 0 saturated heterocycles. The fourth-order valence-corrected chi connectivity index (χ4v) is 2.78. The van der Waals surface area contributed by atoms with E-state index in [2.05, 4.69) is 20.6 Å². The van der Waals surface area contributed by atoms with E-state index in [1.54, 1.807) is 13.8 Å². The maximum absolute atomic E-state index is 14.0. The van der Waals surface area contributed by atoms with Crippen LogP contribution in [0.1, 0.15) is 35.6 Å². The number of nitrogens with zero attached hydrogens (tertiary/aromatic N) is 4. The Kier molecular flexibility index (Phi) is 5.17. The summed E-state index contributed by atoms with van der Waals surface area (Å²) in [5.74, 6) is -2.29. The number of rotatable bonds is 4. The van der Waals surface area contributed by atoms with E-state index in [4.69, 9.17) is 5.26 Å². The molecule has 0 aliphatic carbocycles. The van der Waals surface area contributed by atoms with Crippen LogP contribution in [0.5, 0.6) is 0 Å². The normalized spacial score (nSPS) is 14.0. The summed E-state index contributed by atoms with van der Waals surface area (Å²) in [4.78, 5) is 33.7. The molecular weight excluding hydrogens is 370 g/mol. The lowest BCUT2D eigenvalue weighted by Gasteiger charge is -2.29. The number of nitriles is 1. The highest BCUT2D eigenvalue weighted by molar-refractivity contribution is 5.94. The second kappa shape index (κ2) is 7.56. The van der Waals surface area contributed by atoms with Crippen LogP contribution in [0.2, 0.25) is 0 Å². The molecule has 28 heavy (non-hydrogen) atoms. The van der Waals surface area contributed by atoms with Crippen molar-refractivity contribution in [2.75, 3.05) is 11.9 Å². The van der Waals surface area contributed by atoms with Gasteiger partial charge < -0.3 is 15.5 Å². The fourth-order valence-electron chi connectivity index (χ4n) is 2.78. The number of aromatic nitrogens is 2. The monoisotopic (exact) mass is 386 g/mol. The molecule has 1 aliphatic heterocycles. The standard InChI is InChI=1S/C18H16F2N6O2/c1-9-11(5-21)6-22-17(24-9)10(2)23-15(27)8-26-7-12-14(25-18(26)28)4-3-13(19)16(12)20/h3-4,6,10H,7-8H2,1-2H3,(H,23,27)(H,25,28)/t10-/m1/s1. The van der Waals surface area contributed by atoms with Crippen LogP contribution in [0.4, 0.5) is 19.3 Å². The highest BCUT2D eigenvalue weighted by atomic mass is 19.2. The molecule has 0 unspecified atom stereocenters. The Balaban J connectivity index is 1.67. The van der Waals surface area contributed by atoms with Crippen molar-refractivity contribution in [2.45, 2.75) is 26.4 Å². The number of anilines is 1. The second-order valence-corrected chi connectivity index (χ2v) is 6.30. The maximum Gasteiger partial charge on any atom is 0.322 e. The van der Waals surface area contributed by atoms with E-state index in [1.165, 1.54) is 12.3 Å². The zero-order valence-electron chi connectivity index (χ0n) is 15.1. The summed E-state index contributed by atoms with van der Waals surface area (Å²) in [5, 5.41) is 14.0. The van der Waals surface area contributed by atoms with Crippen molar-refractivity contribution in [3.05, 3.63) is 52.6 Å². The van der Waals surface area contributed by atoms with Crippen molar-refractivity contribution < 1.29 is 18.4 Å². The van der Waals surface area contributed by atoms with Crippen LogP contribution in [-0.4, -0.2) is 33.4 Å². The van der Waals surface area contributed by atoms with Crippen molar-refractivity contribution in [1.82, 2.24) is 20.2 Å². The van der Waals surface area contributed by atoms with Crippen LogP contribution in [0, 0.1) is 29.9 Å². The van der Waals surface area contributed by atoms with Gasteiger partial charge in [-0.05, 0) is 26.0 Å². The van der Waals surface area contributed by atoms with Crippen molar-refractivity contribution in [2.24, 2.45) is 0 Å². The van der Waals surface area contributed by atoms with E-state index >= 15 is 0 Å². The van der Waals surface area contributed by atoms with Crippen molar-refractivity contribution in [3.8, 4) is 6.07 Å². The van der Waals surface area contributed by atoms with Crippen LogP contribution in [0.3, 0.4) is 0 Å². The molecule has 2 N–H and O–H groups in total. The number of urea groups is 1. The van der Waals surface area contributed by atoms with Crippen LogP contribution in [-0.2, 0) is 11.3 Å². The number of nitrogens with one attached hydrogen (secondary N) is 2. The Hall–Kier alpha value is -3.61. The predicted octanol–water partition coefficient (Wildman–Crippen LogP) is 2.16. The third kappa shape index (κ3) is 3.73. The van der Waals surface area contributed by atoms with Gasteiger partial charge in [0.1, 0.15) is 12.6 Å². The third-order valence-electron chi connectivity index (χ3n) is 4.29. The first-order valence-corrected chi connectivity index (χ1v) is 8.36. The Morgan fingerprint density at radius 1 is 1.46 bits per heavy atom. The van der Waals surface area contributed by atoms with Gasteiger partial charge in [0.25, 0.3) is 0 Å². The number of hydrogen-bond acceptors (Lipinski definition) is 5. The Morgan fingerprint density at radius 2 is 2.21 bits per heavy atom. The number of carbonyl (C=O) groups is 2. The molecule has 1 aliphatic rings. The molecule has 1 aromatic heterocycles. The first-order valence-electron chi connectivity index (χ1n) is 8.36. The first-order chi connectivity index (χ1) is 13.3. The number of amides is 3. The summed E-state index contributed by atoms with van der Waals surface area (Å²) < 4.78 is 27.4. The molecule has 3 amide bonds. The first kappa shape index (κ1) is 19.2. The van der Waals surface area contributed by atoms with Gasteiger partial charge in [-0.1, -0.05) is 0 Å². The Labute approximate surface area is 159 Å². The molecule has 2 heterocycles. The van der Waals surface area contributed by atoms with E-state index in [-0.39, 0.29) is 24.3 Å². The quantitative estimate of drug-likeness (QED) is 0.837. The third-order valence-corrected chi connectivity index (χ3v) is 4.29. The predicted molar refractivity (Wildman–Crippen MR) is 93.8 cm³/mol. The number of aryl methyl sites for hydroxylation is 1. The molecule has 0 spiro atoms. The summed E-state index contributed by atoms with van der Waals surface area (Å²) >= 11 is 0. The summed E-state index contributed by atoms with van der Waals surface area (Å²) in [6.07, 6.45) is 1.37. The Morgan fingerprint density at radius 3 is 2.89 bits per heavy atom. The average Bonchev–Trinajstić information content (AvgIpc) is 2.66. The fraction of sp³-hybridized carbons (Fsp3) is 0.278. The lowest BCUT2D eigenvalue weighted by Crippen LogP contribution is -2.45. The van der Waals surface area contributed by atoms with E-state index in [0.717, 1.165) is 11.0 Å². The molecule has 1 aromatic carbocycles. The van der Waals surface area contributed by atoms with E-state index in [0.29, 0.717) is 17.1 Å². The second-order valence-electron chi connectivity index (χ2n) is 6.30. The van der Waals surface area contributed by atoms with Gasteiger partial charge in [-0.15, -0.1) is 0 Å². The molecule has 2 aromatic rings. The largest absolute Gasteiger partial charge is 0.345 e. The van der Waals surface area contributed by atoms with Crippen molar-refractivity contribution in [3.63, 3.8) is 0 Å². The van der Waals surface area contributed by atoms with Crippen LogP contribution >= 0.6 is 0 Å². The van der Waals surface area contributed by atoms with Crippen molar-refractivity contribution >= 4 is 17.6 Å². The lowest BCUT2D eigenvalue weighted by atomic mass is 10.1. The summed E-state index contributed by atoms with van der Waals surface area (Å²) in [6.45, 7) is 2.71. The molecule has 10 heteroatoms. The van der Waals surface area contributed by atoms with Gasteiger partial charge in [-0.3, -0.25) is 4.79 Å². The van der Waals surface area contributed by atoms with E-state index in [1.807, 2.05) is 6.07 Å². The SMILES string of the molecule is Cc1nc([C@@H](C)NC(=O)CN2Cc3c(ccc(F)c3F)NC2=O)ncc1C#N. The van der Waals surface area contributed by atoms with Gasteiger partial charge in [0.15, 0.2) is 17.5 Å². The highest BCUT2D eigenvalue weighted by Gasteiger charge is 2.28. The maximum atomic E-state index is 14.0. The van der Waals surface area contributed by atoms with Crippen LogP contribution in [0.15, 0.2) is 18.3 Å². The minimum Gasteiger partial charge on any atom is -0.345 e. The van der Waals surface area contributed by atoms with Crippen LogP contribution in [0.25, 0.3) is 0 Å². The summed E-state index contributed by atoms with van der Waals surface area (Å²) in [6, 6.07) is 2.99. The molecule has 0 bridgehead atoms. The number of hydrogen-bond donors (Lipinski definition) is 2.